The van der Waals surface area contributed by atoms with E-state index in [0.29, 0.717) is 13.0 Å². The minimum absolute atomic E-state index is 0.0395. The van der Waals surface area contributed by atoms with Crippen molar-refractivity contribution >= 4 is 5.91 Å². The molecular formula is C20H24N2O3. The molecule has 1 atom stereocenters. The number of piperidine rings is 1. The Bertz CT molecular complexity index is 718. The molecule has 0 unspecified atom stereocenters. The number of nitrogens with zero attached hydrogens (tertiary/aromatic N) is 2. The number of pyridine rings is 1. The monoisotopic (exact) mass is 340 g/mol. The van der Waals surface area contributed by atoms with E-state index in [1.807, 2.05) is 42.2 Å². The van der Waals surface area contributed by atoms with Crippen LogP contribution in [0.1, 0.15) is 24.0 Å². The summed E-state index contributed by atoms with van der Waals surface area (Å²) in [5, 5.41) is 0. The van der Waals surface area contributed by atoms with E-state index in [-0.39, 0.29) is 12.0 Å². The third-order valence-electron chi connectivity index (χ3n) is 4.50. The zero-order chi connectivity index (χ0) is 17.6. The topological polar surface area (TPSA) is 51.7 Å². The first-order valence-corrected chi connectivity index (χ1v) is 8.63. The molecule has 2 heterocycles. The van der Waals surface area contributed by atoms with Crippen LogP contribution in [0.25, 0.3) is 0 Å². The number of amides is 1. The number of likely N-dealkylation sites (tertiary alicyclic amines) is 1. The van der Waals surface area contributed by atoms with Crippen LogP contribution in [-0.2, 0) is 11.2 Å². The Balaban J connectivity index is 1.59. The predicted octanol–water partition coefficient (Wildman–Crippen LogP) is 3.01. The zero-order valence-electron chi connectivity index (χ0n) is 14.8. The third-order valence-corrected chi connectivity index (χ3v) is 4.50. The van der Waals surface area contributed by atoms with Crippen molar-refractivity contribution in [3.8, 4) is 11.5 Å². The van der Waals surface area contributed by atoms with Crippen LogP contribution in [0.15, 0.2) is 42.7 Å². The number of methoxy groups -OCH3 is 1. The molecule has 0 saturated carbocycles. The molecule has 132 valence electrons. The molecule has 5 nitrogen and oxygen atoms in total. The molecule has 2 aromatic rings. The Kier molecular flexibility index (Phi) is 5.53. The molecule has 0 bridgehead atoms. The van der Waals surface area contributed by atoms with E-state index >= 15 is 0 Å². The fourth-order valence-corrected chi connectivity index (χ4v) is 3.21. The maximum absolute atomic E-state index is 12.7. The van der Waals surface area contributed by atoms with Gasteiger partial charge < -0.3 is 14.4 Å². The summed E-state index contributed by atoms with van der Waals surface area (Å²) < 4.78 is 11.3. The second-order valence-corrected chi connectivity index (χ2v) is 6.39. The molecule has 0 radical (unpaired) electrons. The van der Waals surface area contributed by atoms with Gasteiger partial charge in [-0.3, -0.25) is 9.78 Å². The minimum Gasteiger partial charge on any atom is -0.496 e. The van der Waals surface area contributed by atoms with Crippen molar-refractivity contribution in [2.75, 3.05) is 20.2 Å². The lowest BCUT2D eigenvalue weighted by molar-refractivity contribution is -0.133. The zero-order valence-corrected chi connectivity index (χ0v) is 14.8. The fourth-order valence-electron chi connectivity index (χ4n) is 3.21. The molecule has 5 heteroatoms. The smallest absolute Gasteiger partial charge is 0.227 e. The highest BCUT2D eigenvalue weighted by Crippen LogP contribution is 2.21. The molecule has 1 aliphatic heterocycles. The number of hydrogen-bond donors (Lipinski definition) is 0. The Morgan fingerprint density at radius 3 is 2.80 bits per heavy atom. The van der Waals surface area contributed by atoms with Gasteiger partial charge in [0.1, 0.15) is 17.6 Å². The van der Waals surface area contributed by atoms with E-state index in [1.165, 1.54) is 0 Å². The molecule has 0 N–H and O–H groups in total. The molecular weight excluding hydrogens is 316 g/mol. The quantitative estimate of drug-likeness (QED) is 0.839. The minimum atomic E-state index is 0.0395. The predicted molar refractivity (Wildman–Crippen MR) is 95.9 cm³/mol. The van der Waals surface area contributed by atoms with Gasteiger partial charge in [-0.15, -0.1) is 0 Å². The molecule has 25 heavy (non-hydrogen) atoms. The van der Waals surface area contributed by atoms with Crippen LogP contribution < -0.4 is 9.47 Å². The lowest BCUT2D eigenvalue weighted by Crippen LogP contribution is -2.45. The molecule has 1 aromatic carbocycles. The number of aryl methyl sites for hydroxylation is 1. The van der Waals surface area contributed by atoms with E-state index in [1.54, 1.807) is 19.5 Å². The summed E-state index contributed by atoms with van der Waals surface area (Å²) in [6, 6.07) is 9.59. The maximum Gasteiger partial charge on any atom is 0.227 e. The summed E-state index contributed by atoms with van der Waals surface area (Å²) in [4.78, 5) is 18.6. The van der Waals surface area contributed by atoms with Crippen LogP contribution in [0.4, 0.5) is 0 Å². The molecule has 1 amide bonds. The molecule has 1 aromatic heterocycles. The van der Waals surface area contributed by atoms with Gasteiger partial charge >= 0.3 is 0 Å². The van der Waals surface area contributed by atoms with Crippen LogP contribution in [0.5, 0.6) is 11.5 Å². The van der Waals surface area contributed by atoms with Crippen molar-refractivity contribution in [1.29, 1.82) is 0 Å². The van der Waals surface area contributed by atoms with Crippen LogP contribution in [0.2, 0.25) is 0 Å². The van der Waals surface area contributed by atoms with Crippen LogP contribution in [0, 0.1) is 6.92 Å². The molecule has 3 rings (SSSR count). The van der Waals surface area contributed by atoms with Gasteiger partial charge in [0.2, 0.25) is 5.91 Å². The number of carbonyl (C=O) groups is 1. The number of benzene rings is 1. The highest BCUT2D eigenvalue weighted by molar-refractivity contribution is 5.79. The molecule has 1 saturated heterocycles. The highest BCUT2D eigenvalue weighted by atomic mass is 16.5. The first-order chi connectivity index (χ1) is 12.2. The van der Waals surface area contributed by atoms with Crippen molar-refractivity contribution in [1.82, 2.24) is 9.88 Å². The summed E-state index contributed by atoms with van der Waals surface area (Å²) in [5.41, 5.74) is 2.06. The molecule has 0 spiro atoms. The van der Waals surface area contributed by atoms with Gasteiger partial charge in [0.25, 0.3) is 0 Å². The normalized spacial score (nSPS) is 17.2. The molecule has 1 aliphatic rings. The number of aromatic nitrogens is 1. The Hall–Kier alpha value is -2.56. The number of carbonyl (C=O) groups excluding carboxylic acids is 1. The Morgan fingerprint density at radius 1 is 1.28 bits per heavy atom. The average Bonchev–Trinajstić information content (AvgIpc) is 2.63. The van der Waals surface area contributed by atoms with Crippen molar-refractivity contribution < 1.29 is 14.3 Å². The lowest BCUT2D eigenvalue weighted by Gasteiger charge is -2.33. The van der Waals surface area contributed by atoms with Crippen molar-refractivity contribution in [3.05, 3.63) is 53.9 Å². The highest BCUT2D eigenvalue weighted by Gasteiger charge is 2.25. The molecule has 1 fully saturated rings. The van der Waals surface area contributed by atoms with Crippen molar-refractivity contribution in [2.24, 2.45) is 0 Å². The van der Waals surface area contributed by atoms with E-state index in [4.69, 9.17) is 9.47 Å². The number of rotatable bonds is 5. The van der Waals surface area contributed by atoms with Crippen LogP contribution in [-0.4, -0.2) is 42.1 Å². The summed E-state index contributed by atoms with van der Waals surface area (Å²) in [6.07, 6.45) is 5.81. The largest absolute Gasteiger partial charge is 0.496 e. The van der Waals surface area contributed by atoms with Gasteiger partial charge in [0, 0.05) is 18.9 Å². The lowest BCUT2D eigenvalue weighted by atomic mass is 10.0. The van der Waals surface area contributed by atoms with Gasteiger partial charge in [0.05, 0.1) is 20.1 Å². The van der Waals surface area contributed by atoms with E-state index in [2.05, 4.69) is 4.98 Å². The fraction of sp³-hybridized carbons (Fsp3) is 0.400. The van der Waals surface area contributed by atoms with Gasteiger partial charge in [-0.2, -0.15) is 0 Å². The second kappa shape index (κ2) is 8.01. The van der Waals surface area contributed by atoms with E-state index in [0.717, 1.165) is 42.0 Å². The van der Waals surface area contributed by atoms with Gasteiger partial charge in [-0.25, -0.2) is 0 Å². The summed E-state index contributed by atoms with van der Waals surface area (Å²) >= 11 is 0. The van der Waals surface area contributed by atoms with E-state index < -0.39 is 0 Å². The van der Waals surface area contributed by atoms with Gasteiger partial charge in [0.15, 0.2) is 0 Å². The second-order valence-electron chi connectivity index (χ2n) is 6.39. The van der Waals surface area contributed by atoms with Gasteiger partial charge in [-0.1, -0.05) is 12.1 Å². The van der Waals surface area contributed by atoms with Crippen molar-refractivity contribution in [2.45, 2.75) is 32.3 Å². The first kappa shape index (κ1) is 17.3. The third kappa shape index (κ3) is 4.50. The van der Waals surface area contributed by atoms with Crippen LogP contribution >= 0.6 is 0 Å². The Morgan fingerprint density at radius 2 is 2.08 bits per heavy atom. The van der Waals surface area contributed by atoms with E-state index in [9.17, 15) is 4.79 Å². The van der Waals surface area contributed by atoms with Crippen molar-refractivity contribution in [3.63, 3.8) is 0 Å². The number of hydrogen-bond acceptors (Lipinski definition) is 4. The number of ether oxygens (including phenoxy) is 2. The maximum atomic E-state index is 12.7. The van der Waals surface area contributed by atoms with Gasteiger partial charge in [-0.05, 0) is 49.1 Å². The molecule has 0 aliphatic carbocycles. The SMILES string of the molecule is COc1ccc(CC(=O)N2CCC[C@H](Oc3ccncc3)C2)cc1C. The summed E-state index contributed by atoms with van der Waals surface area (Å²) in [5.74, 6) is 1.80. The average molecular weight is 340 g/mol. The first-order valence-electron chi connectivity index (χ1n) is 8.63. The summed E-state index contributed by atoms with van der Waals surface area (Å²) in [6.45, 7) is 3.42. The standard InChI is InChI=1S/C20H24N2O3/c1-15-12-16(5-6-19(15)24-2)13-20(23)22-11-3-4-18(14-22)25-17-7-9-21-10-8-17/h5-10,12,18H,3-4,11,13-14H2,1-2H3/t18-/m0/s1. The van der Waals surface area contributed by atoms with Crippen LogP contribution in [0.3, 0.4) is 0 Å². The Labute approximate surface area is 148 Å². The summed E-state index contributed by atoms with van der Waals surface area (Å²) in [7, 11) is 1.66.